The second-order valence-corrected chi connectivity index (χ2v) is 11.8. The Morgan fingerprint density at radius 1 is 0.872 bits per heavy atom. The van der Waals surface area contributed by atoms with Gasteiger partial charge >= 0.3 is 0 Å². The predicted molar refractivity (Wildman–Crippen MR) is 191 cm³/mol. The molecule has 7 N–H and O–H groups in total. The molecule has 2 aromatic carbocycles. The van der Waals surface area contributed by atoms with E-state index < -0.39 is 0 Å². The van der Waals surface area contributed by atoms with E-state index >= 15 is 0 Å². The Kier molecular flexibility index (Phi) is 17.4. The highest BCUT2D eigenvalue weighted by Gasteiger charge is 2.24. The maximum absolute atomic E-state index is 12.4. The Bertz CT molecular complexity index is 1430. The van der Waals surface area contributed by atoms with Crippen LogP contribution in [-0.4, -0.2) is 37.3 Å². The van der Waals surface area contributed by atoms with Crippen LogP contribution in [0.3, 0.4) is 0 Å². The summed E-state index contributed by atoms with van der Waals surface area (Å²) in [5.74, 6) is 1.90. The zero-order valence-corrected chi connectivity index (χ0v) is 28.4. The average Bonchev–Trinajstić information content (AvgIpc) is 3.32. The van der Waals surface area contributed by atoms with Crippen molar-refractivity contribution in [1.82, 2.24) is 5.32 Å². The van der Waals surface area contributed by atoms with Gasteiger partial charge in [0, 0.05) is 40.6 Å². The molecule has 2 atom stereocenters. The smallest absolute Gasteiger partial charge is 0.230 e. The van der Waals surface area contributed by atoms with Gasteiger partial charge in [-0.15, -0.1) is 0 Å². The lowest BCUT2D eigenvalue weighted by molar-refractivity contribution is -0.120. The molecule has 0 heterocycles. The van der Waals surface area contributed by atoms with Gasteiger partial charge in [0.15, 0.2) is 0 Å². The molecule has 1 aliphatic rings. The van der Waals surface area contributed by atoms with Gasteiger partial charge in [-0.3, -0.25) is 9.59 Å². The van der Waals surface area contributed by atoms with Crippen LogP contribution in [0.5, 0.6) is 11.5 Å². The molecule has 2 unspecified atom stereocenters. The maximum Gasteiger partial charge on any atom is 0.230 e. The van der Waals surface area contributed by atoms with Crippen molar-refractivity contribution in [3.8, 4) is 11.5 Å². The van der Waals surface area contributed by atoms with Crippen molar-refractivity contribution in [3.63, 3.8) is 0 Å². The largest absolute Gasteiger partial charge is 0.496 e. The summed E-state index contributed by atoms with van der Waals surface area (Å²) in [5, 5.41) is 19.2. The van der Waals surface area contributed by atoms with Crippen molar-refractivity contribution in [2.24, 2.45) is 23.3 Å². The van der Waals surface area contributed by atoms with Gasteiger partial charge in [0.05, 0.1) is 20.6 Å². The van der Waals surface area contributed by atoms with Crippen LogP contribution in [0.2, 0.25) is 0 Å². The fourth-order valence-corrected chi connectivity index (χ4v) is 5.43. The first-order valence-corrected chi connectivity index (χ1v) is 16.4. The number of Topliss-reactive ketones (excluding diaryl/α,β-unsaturated/α-hetero) is 1. The number of hydrogen-bond acceptors (Lipinski definition) is 8. The van der Waals surface area contributed by atoms with Gasteiger partial charge in [-0.05, 0) is 81.4 Å². The number of carbonyl (C=O) groups is 2. The average molecular weight is 644 g/mol. The SMILES string of the molecule is CCCCC(=N)/C=C\C(=N)C1CCCCC(/C(N)=C/C=C(\N)NC(=O)Cc2ccccc2OC)C1.COc1ccccc1CC(C)=O. The number of nitrogens with two attached hydrogens (primary N) is 2. The molecule has 1 aliphatic carbocycles. The summed E-state index contributed by atoms with van der Waals surface area (Å²) in [7, 11) is 3.19. The van der Waals surface area contributed by atoms with Gasteiger partial charge in [-0.2, -0.15) is 0 Å². The normalized spacial score (nSPS) is 16.8. The van der Waals surface area contributed by atoms with Crippen molar-refractivity contribution in [2.75, 3.05) is 14.2 Å². The first-order valence-electron chi connectivity index (χ1n) is 16.4. The van der Waals surface area contributed by atoms with Crippen LogP contribution < -0.4 is 26.3 Å². The molecule has 0 spiro atoms. The van der Waals surface area contributed by atoms with E-state index in [1.807, 2.05) is 48.5 Å². The molecular weight excluding hydrogens is 590 g/mol. The topological polar surface area (TPSA) is 164 Å². The highest BCUT2D eigenvalue weighted by molar-refractivity contribution is 6.02. The van der Waals surface area contributed by atoms with E-state index in [4.69, 9.17) is 31.8 Å². The van der Waals surface area contributed by atoms with Gasteiger partial charge < -0.3 is 37.1 Å². The summed E-state index contributed by atoms with van der Waals surface area (Å²) in [4.78, 5) is 23.2. The van der Waals surface area contributed by atoms with E-state index in [0.717, 1.165) is 68.2 Å². The molecule has 9 heteroatoms. The van der Waals surface area contributed by atoms with E-state index in [2.05, 4.69) is 12.2 Å². The number of methoxy groups -OCH3 is 2. The molecule has 3 rings (SSSR count). The highest BCUT2D eigenvalue weighted by Crippen LogP contribution is 2.31. The standard InChI is InChI=1S/C28H41N5O2.C10H12O2/c1-3-4-12-23(29)14-15-24(30)20-9-5-6-10-21(18-20)25(31)16-17-27(32)33-28(34)19-22-11-7-8-13-26(22)35-2;1-8(11)7-9-5-3-4-6-10(9)12-2/h7-8,11,13-17,20-21,29-30H,3-6,9-10,12,18-19,31-32H2,1-2H3,(H,33,34);3-6H,7H2,1-2H3/b15-14-,25-16-,27-17+,29-23?,30-24?;. The van der Waals surface area contributed by atoms with E-state index in [1.165, 1.54) is 0 Å². The third kappa shape index (κ3) is 14.5. The predicted octanol–water partition coefficient (Wildman–Crippen LogP) is 6.81. The molecule has 0 saturated heterocycles. The second kappa shape index (κ2) is 21.2. The van der Waals surface area contributed by atoms with Crippen molar-refractivity contribution >= 4 is 23.1 Å². The Hall–Kier alpha value is -4.66. The number of allylic oxidation sites excluding steroid dienone is 5. The van der Waals surface area contributed by atoms with Crippen molar-refractivity contribution < 1.29 is 19.1 Å². The number of ketones is 1. The number of hydrogen-bond donors (Lipinski definition) is 5. The zero-order valence-electron chi connectivity index (χ0n) is 28.4. The third-order valence-electron chi connectivity index (χ3n) is 8.01. The van der Waals surface area contributed by atoms with Gasteiger partial charge in [-0.1, -0.05) is 62.6 Å². The number of ether oxygens (including phenoxy) is 2. The lowest BCUT2D eigenvalue weighted by Gasteiger charge is -2.20. The minimum absolute atomic E-state index is 0.131. The summed E-state index contributed by atoms with van der Waals surface area (Å²) in [6.45, 7) is 3.69. The van der Waals surface area contributed by atoms with Crippen molar-refractivity contribution in [2.45, 2.75) is 78.1 Å². The van der Waals surface area contributed by atoms with Crippen molar-refractivity contribution in [3.05, 3.63) is 95.5 Å². The number of nitrogens with one attached hydrogen (secondary N) is 3. The van der Waals surface area contributed by atoms with Crippen LogP contribution in [0.25, 0.3) is 0 Å². The lowest BCUT2D eigenvalue weighted by atomic mass is 9.87. The molecular formula is C38H53N5O4. The first-order chi connectivity index (χ1) is 22.6. The van der Waals surface area contributed by atoms with E-state index in [0.29, 0.717) is 29.3 Å². The Balaban J connectivity index is 0.000000535. The monoisotopic (exact) mass is 643 g/mol. The van der Waals surface area contributed by atoms with Crippen LogP contribution >= 0.6 is 0 Å². The summed E-state index contributed by atoms with van der Waals surface area (Å²) in [6, 6.07) is 14.9. The quantitative estimate of drug-likeness (QED) is 0.0813. The minimum Gasteiger partial charge on any atom is -0.496 e. The number of benzene rings is 2. The van der Waals surface area contributed by atoms with Crippen molar-refractivity contribution in [1.29, 1.82) is 10.8 Å². The molecule has 1 saturated carbocycles. The van der Waals surface area contributed by atoms with Gasteiger partial charge in [-0.25, -0.2) is 0 Å². The highest BCUT2D eigenvalue weighted by atomic mass is 16.5. The maximum atomic E-state index is 12.4. The molecule has 0 aromatic heterocycles. The molecule has 1 amide bonds. The number of para-hydroxylation sites is 2. The van der Waals surface area contributed by atoms with Crippen LogP contribution in [0.15, 0.2) is 84.4 Å². The second-order valence-electron chi connectivity index (χ2n) is 11.8. The fraction of sp³-hybridized carbons (Fsp3) is 0.421. The Morgan fingerprint density at radius 3 is 2.02 bits per heavy atom. The van der Waals surface area contributed by atoms with E-state index in [9.17, 15) is 9.59 Å². The number of unbranched alkanes of at least 4 members (excludes halogenated alkanes) is 1. The molecule has 0 aliphatic heterocycles. The molecule has 254 valence electrons. The van der Waals surface area contributed by atoms with E-state index in [1.54, 1.807) is 45.4 Å². The van der Waals surface area contributed by atoms with Crippen LogP contribution in [-0.2, 0) is 22.4 Å². The summed E-state index contributed by atoms with van der Waals surface area (Å²) >= 11 is 0. The minimum atomic E-state index is -0.227. The van der Waals surface area contributed by atoms with Crippen LogP contribution in [0, 0.1) is 22.7 Å². The van der Waals surface area contributed by atoms with Crippen LogP contribution in [0.4, 0.5) is 0 Å². The number of carbonyl (C=O) groups excluding carboxylic acids is 2. The molecule has 2 aromatic rings. The fourth-order valence-electron chi connectivity index (χ4n) is 5.43. The molecule has 0 radical (unpaired) electrons. The lowest BCUT2D eigenvalue weighted by Crippen LogP contribution is -2.28. The third-order valence-corrected chi connectivity index (χ3v) is 8.01. The van der Waals surface area contributed by atoms with E-state index in [-0.39, 0.29) is 35.8 Å². The summed E-state index contributed by atoms with van der Waals surface area (Å²) in [6.07, 6.45) is 15.3. The van der Waals surface area contributed by atoms with Gasteiger partial charge in [0.1, 0.15) is 23.1 Å². The Morgan fingerprint density at radius 2 is 1.45 bits per heavy atom. The molecule has 9 nitrogen and oxygen atoms in total. The first kappa shape index (κ1) is 38.5. The van der Waals surface area contributed by atoms with Gasteiger partial charge in [0.2, 0.25) is 5.91 Å². The molecule has 0 bridgehead atoms. The Labute approximate surface area is 280 Å². The molecule has 47 heavy (non-hydrogen) atoms. The number of rotatable bonds is 15. The van der Waals surface area contributed by atoms with Crippen LogP contribution in [0.1, 0.15) is 76.3 Å². The molecule has 1 fully saturated rings. The zero-order chi connectivity index (χ0) is 34.6. The number of amides is 1. The summed E-state index contributed by atoms with van der Waals surface area (Å²) in [5.41, 5.74) is 16.0. The summed E-state index contributed by atoms with van der Waals surface area (Å²) < 4.78 is 10.4. The van der Waals surface area contributed by atoms with Gasteiger partial charge in [0.25, 0.3) is 0 Å².